The molecule has 1 aromatic heterocycles. The van der Waals surface area contributed by atoms with Crippen LogP contribution in [-0.4, -0.2) is 5.91 Å². The molecule has 2 aromatic rings. The van der Waals surface area contributed by atoms with Gasteiger partial charge in [0.05, 0.1) is 5.56 Å². The summed E-state index contributed by atoms with van der Waals surface area (Å²) in [7, 11) is 0. The van der Waals surface area contributed by atoms with Gasteiger partial charge in [-0.05, 0) is 48.9 Å². The molecular weight excluding hydrogens is 287 g/mol. The number of anilines is 1. The van der Waals surface area contributed by atoms with Gasteiger partial charge >= 0.3 is 0 Å². The van der Waals surface area contributed by atoms with Gasteiger partial charge in [-0.3, -0.25) is 4.79 Å². The van der Waals surface area contributed by atoms with Crippen molar-refractivity contribution < 1.29 is 9.18 Å². The molecule has 108 valence electrons. The van der Waals surface area contributed by atoms with E-state index >= 15 is 0 Å². The minimum atomic E-state index is -0.360. The van der Waals surface area contributed by atoms with Crippen LogP contribution in [-0.2, 0) is 12.8 Å². The van der Waals surface area contributed by atoms with Crippen molar-refractivity contribution in [3.8, 4) is 0 Å². The van der Waals surface area contributed by atoms with Crippen LogP contribution in [0.5, 0.6) is 0 Å². The van der Waals surface area contributed by atoms with Crippen LogP contribution < -0.4 is 10.6 Å². The number of nitrogens with one attached hydrogen (secondary N) is 2. The largest absolute Gasteiger partial charge is 0.353 e. The van der Waals surface area contributed by atoms with Crippen molar-refractivity contribution in [2.75, 3.05) is 5.32 Å². The topological polar surface area (TPSA) is 41.1 Å². The van der Waals surface area contributed by atoms with Crippen LogP contribution in [0.2, 0.25) is 0 Å². The fraction of sp³-hybridized carbons (Fsp3) is 0.312. The van der Waals surface area contributed by atoms with Gasteiger partial charge in [0.25, 0.3) is 5.91 Å². The van der Waals surface area contributed by atoms with E-state index < -0.39 is 0 Å². The lowest BCUT2D eigenvalue weighted by atomic mass is 9.94. The number of hydrogen-bond acceptors (Lipinski definition) is 3. The van der Waals surface area contributed by atoms with E-state index in [2.05, 4.69) is 10.6 Å². The number of amides is 1. The number of aryl methyl sites for hydroxylation is 1. The molecule has 1 aliphatic carbocycles. The summed E-state index contributed by atoms with van der Waals surface area (Å²) in [5.74, 6) is -0.336. The number of rotatable bonds is 1. The van der Waals surface area contributed by atoms with Crippen LogP contribution in [0, 0.1) is 5.82 Å². The van der Waals surface area contributed by atoms with Gasteiger partial charge in [0, 0.05) is 4.88 Å². The van der Waals surface area contributed by atoms with Crippen LogP contribution in [0.25, 0.3) is 0 Å². The Morgan fingerprint density at radius 1 is 1.19 bits per heavy atom. The summed E-state index contributed by atoms with van der Waals surface area (Å²) >= 11 is 1.68. The van der Waals surface area contributed by atoms with E-state index in [0.717, 1.165) is 35.4 Å². The van der Waals surface area contributed by atoms with Gasteiger partial charge in [-0.1, -0.05) is 12.1 Å². The van der Waals surface area contributed by atoms with Crippen molar-refractivity contribution in [1.29, 1.82) is 0 Å². The summed E-state index contributed by atoms with van der Waals surface area (Å²) in [4.78, 5) is 13.8. The maximum Gasteiger partial charge on any atom is 0.256 e. The zero-order valence-electron chi connectivity index (χ0n) is 11.4. The Morgan fingerprint density at radius 2 is 2.05 bits per heavy atom. The van der Waals surface area contributed by atoms with Crippen molar-refractivity contribution in [1.82, 2.24) is 5.32 Å². The lowest BCUT2D eigenvalue weighted by Crippen LogP contribution is -2.38. The maximum absolute atomic E-state index is 13.4. The quantitative estimate of drug-likeness (QED) is 0.845. The monoisotopic (exact) mass is 302 g/mol. The number of thiophene rings is 1. The molecule has 21 heavy (non-hydrogen) atoms. The molecule has 2 N–H and O–H groups in total. The maximum atomic E-state index is 13.4. The molecule has 1 aromatic carbocycles. The summed E-state index contributed by atoms with van der Waals surface area (Å²) in [6, 6.07) is 6.34. The molecule has 1 atom stereocenters. The van der Waals surface area contributed by atoms with E-state index in [0.29, 0.717) is 0 Å². The smallest absolute Gasteiger partial charge is 0.256 e. The predicted octanol–water partition coefficient (Wildman–Crippen LogP) is 3.62. The minimum Gasteiger partial charge on any atom is -0.353 e. The van der Waals surface area contributed by atoms with E-state index in [1.807, 2.05) is 6.07 Å². The van der Waals surface area contributed by atoms with Gasteiger partial charge < -0.3 is 10.6 Å². The lowest BCUT2D eigenvalue weighted by Gasteiger charge is -2.26. The first-order valence-corrected chi connectivity index (χ1v) is 8.01. The third-order valence-corrected chi connectivity index (χ3v) is 5.35. The van der Waals surface area contributed by atoms with Crippen LogP contribution >= 0.6 is 11.3 Å². The molecular formula is C16H15FN2OS. The van der Waals surface area contributed by atoms with Gasteiger partial charge in [-0.15, -0.1) is 11.3 Å². The first-order valence-electron chi connectivity index (χ1n) is 7.20. The third kappa shape index (κ3) is 2.12. The van der Waals surface area contributed by atoms with Crippen LogP contribution in [0.4, 0.5) is 9.39 Å². The second-order valence-corrected chi connectivity index (χ2v) is 6.63. The molecule has 0 saturated carbocycles. The van der Waals surface area contributed by atoms with Gasteiger partial charge in [-0.2, -0.15) is 0 Å². The zero-order chi connectivity index (χ0) is 14.4. The number of carbonyl (C=O) groups excluding carboxylic acids is 1. The number of fused-ring (bicyclic) bond motifs is 3. The average Bonchev–Trinajstić information content (AvgIpc) is 2.86. The van der Waals surface area contributed by atoms with E-state index in [9.17, 15) is 9.18 Å². The molecule has 1 aliphatic heterocycles. The van der Waals surface area contributed by atoms with Crippen LogP contribution in [0.3, 0.4) is 0 Å². The number of benzene rings is 1. The molecule has 0 bridgehead atoms. The Hall–Kier alpha value is -1.88. The standard InChI is InChI=1S/C16H15FN2OS/c17-10-5-3-4-9(8-10)14-18-15(20)13-11-6-1-2-7-12(11)21-16(13)19-14/h3-5,8,14,19H,1-2,6-7H2,(H,18,20). The molecule has 4 rings (SSSR count). The summed E-state index contributed by atoms with van der Waals surface area (Å²) in [5, 5.41) is 7.22. The number of halogens is 1. The van der Waals surface area contributed by atoms with E-state index in [-0.39, 0.29) is 17.9 Å². The molecule has 0 fully saturated rings. The molecule has 1 amide bonds. The Kier molecular flexibility index (Phi) is 2.96. The molecule has 2 aliphatic rings. The Balaban J connectivity index is 1.72. The van der Waals surface area contributed by atoms with Crippen molar-refractivity contribution in [2.24, 2.45) is 0 Å². The molecule has 3 nitrogen and oxygen atoms in total. The second-order valence-electron chi connectivity index (χ2n) is 5.52. The Bertz CT molecular complexity index is 725. The van der Waals surface area contributed by atoms with E-state index in [1.165, 1.54) is 29.0 Å². The predicted molar refractivity (Wildman–Crippen MR) is 81.2 cm³/mol. The van der Waals surface area contributed by atoms with E-state index in [1.54, 1.807) is 17.4 Å². The van der Waals surface area contributed by atoms with Crippen molar-refractivity contribution in [3.05, 3.63) is 51.7 Å². The van der Waals surface area contributed by atoms with E-state index in [4.69, 9.17) is 0 Å². The van der Waals surface area contributed by atoms with Gasteiger partial charge in [-0.25, -0.2) is 4.39 Å². The minimum absolute atomic E-state index is 0.0441. The highest BCUT2D eigenvalue weighted by Gasteiger charge is 2.31. The molecule has 0 saturated heterocycles. The normalized spacial score (nSPS) is 20.2. The molecule has 2 heterocycles. The molecule has 0 radical (unpaired) electrons. The average molecular weight is 302 g/mol. The summed E-state index contributed by atoms with van der Waals surface area (Å²) in [6.07, 6.45) is 4.03. The fourth-order valence-corrected chi connectivity index (χ4v) is 4.45. The molecule has 0 spiro atoms. The summed E-state index contributed by atoms with van der Waals surface area (Å²) < 4.78 is 13.4. The van der Waals surface area contributed by atoms with Gasteiger partial charge in [0.2, 0.25) is 0 Å². The fourth-order valence-electron chi connectivity index (χ4n) is 3.13. The summed E-state index contributed by atoms with van der Waals surface area (Å²) in [5.41, 5.74) is 2.76. The molecule has 1 unspecified atom stereocenters. The molecule has 5 heteroatoms. The first-order chi connectivity index (χ1) is 10.2. The van der Waals surface area contributed by atoms with Gasteiger partial charge in [0.15, 0.2) is 0 Å². The van der Waals surface area contributed by atoms with Gasteiger partial charge in [0.1, 0.15) is 17.0 Å². The van der Waals surface area contributed by atoms with Crippen molar-refractivity contribution in [2.45, 2.75) is 31.8 Å². The van der Waals surface area contributed by atoms with Crippen LogP contribution in [0.15, 0.2) is 24.3 Å². The zero-order valence-corrected chi connectivity index (χ0v) is 12.2. The highest BCUT2D eigenvalue weighted by atomic mass is 32.1. The SMILES string of the molecule is O=C1NC(c2cccc(F)c2)Nc2sc3c(c21)CCCC3. The lowest BCUT2D eigenvalue weighted by molar-refractivity contribution is 0.0935. The Morgan fingerprint density at radius 3 is 2.90 bits per heavy atom. The Labute approximate surface area is 126 Å². The van der Waals surface area contributed by atoms with Crippen LogP contribution in [0.1, 0.15) is 45.4 Å². The highest BCUT2D eigenvalue weighted by molar-refractivity contribution is 7.16. The summed E-state index contributed by atoms with van der Waals surface area (Å²) in [6.45, 7) is 0. The first kappa shape index (κ1) is 12.8. The van der Waals surface area contributed by atoms with Crippen molar-refractivity contribution in [3.63, 3.8) is 0 Å². The number of hydrogen-bond donors (Lipinski definition) is 2. The highest BCUT2D eigenvalue weighted by Crippen LogP contribution is 2.41. The second kappa shape index (κ2) is 4.84. The third-order valence-electron chi connectivity index (χ3n) is 4.13. The number of carbonyl (C=O) groups is 1. The van der Waals surface area contributed by atoms with Crippen molar-refractivity contribution >= 4 is 22.2 Å².